The van der Waals surface area contributed by atoms with E-state index in [1.165, 1.54) is 17.3 Å². The van der Waals surface area contributed by atoms with E-state index in [1.807, 2.05) is 32.0 Å². The standard InChI is InChI=1S/C22H25N3O2S2/c1-5-17-14(4)29-20-19(17)21(27)25(16-9-6-12(2)13(3)10-16)22(24-20)28-11-18(26)23-15-7-8-15/h6,9-10,15H,5,7-8,11H2,1-4H3,(H,23,26). The van der Waals surface area contributed by atoms with Crippen LogP contribution in [0.25, 0.3) is 15.9 Å². The molecule has 0 saturated heterocycles. The summed E-state index contributed by atoms with van der Waals surface area (Å²) < 4.78 is 1.68. The number of amides is 1. The van der Waals surface area contributed by atoms with Gasteiger partial charge in [0.25, 0.3) is 5.56 Å². The molecule has 29 heavy (non-hydrogen) atoms. The Morgan fingerprint density at radius 1 is 1.28 bits per heavy atom. The molecule has 1 amide bonds. The number of thiophene rings is 1. The summed E-state index contributed by atoms with van der Waals surface area (Å²) in [4.78, 5) is 32.5. The third-order valence-corrected chi connectivity index (χ3v) is 7.35. The highest BCUT2D eigenvalue weighted by atomic mass is 32.2. The number of thioether (sulfide) groups is 1. The van der Waals surface area contributed by atoms with Crippen molar-refractivity contribution in [3.8, 4) is 5.69 Å². The van der Waals surface area contributed by atoms with Crippen molar-refractivity contribution in [3.05, 3.63) is 50.1 Å². The third-order valence-electron chi connectivity index (χ3n) is 5.37. The fraction of sp³-hybridized carbons (Fsp3) is 0.409. The number of aryl methyl sites for hydroxylation is 4. The molecule has 0 radical (unpaired) electrons. The fourth-order valence-corrected chi connectivity index (χ4v) is 5.42. The SMILES string of the molecule is CCc1c(C)sc2nc(SCC(=O)NC3CC3)n(-c3ccc(C)c(C)c3)c(=O)c12. The van der Waals surface area contributed by atoms with Crippen LogP contribution in [0.4, 0.5) is 0 Å². The number of nitrogens with zero attached hydrogens (tertiary/aromatic N) is 2. The van der Waals surface area contributed by atoms with Crippen molar-refractivity contribution in [2.24, 2.45) is 0 Å². The molecular formula is C22H25N3O2S2. The van der Waals surface area contributed by atoms with Crippen LogP contribution in [0.1, 0.15) is 41.3 Å². The molecule has 2 aromatic heterocycles. The molecular weight excluding hydrogens is 402 g/mol. The highest BCUT2D eigenvalue weighted by Gasteiger charge is 2.24. The Morgan fingerprint density at radius 2 is 2.03 bits per heavy atom. The van der Waals surface area contributed by atoms with Crippen LogP contribution in [0.2, 0.25) is 0 Å². The zero-order valence-electron chi connectivity index (χ0n) is 17.2. The van der Waals surface area contributed by atoms with E-state index in [-0.39, 0.29) is 17.2 Å². The first-order valence-electron chi connectivity index (χ1n) is 9.93. The van der Waals surface area contributed by atoms with Gasteiger partial charge in [0.2, 0.25) is 5.91 Å². The predicted molar refractivity (Wildman–Crippen MR) is 121 cm³/mol. The fourth-order valence-electron chi connectivity index (χ4n) is 3.44. The lowest BCUT2D eigenvalue weighted by Gasteiger charge is -2.14. The topological polar surface area (TPSA) is 64.0 Å². The van der Waals surface area contributed by atoms with Gasteiger partial charge >= 0.3 is 0 Å². The summed E-state index contributed by atoms with van der Waals surface area (Å²) in [5.74, 6) is 0.250. The Morgan fingerprint density at radius 3 is 2.69 bits per heavy atom. The van der Waals surface area contributed by atoms with E-state index in [4.69, 9.17) is 4.98 Å². The molecule has 7 heteroatoms. The van der Waals surface area contributed by atoms with Gasteiger partial charge in [-0.3, -0.25) is 14.2 Å². The molecule has 1 aliphatic rings. The molecule has 0 atom stereocenters. The number of aromatic nitrogens is 2. The summed E-state index contributed by atoms with van der Waals surface area (Å²) in [7, 11) is 0. The molecule has 3 aromatic rings. The van der Waals surface area contributed by atoms with Crippen LogP contribution >= 0.6 is 23.1 Å². The van der Waals surface area contributed by atoms with Crippen molar-refractivity contribution in [1.82, 2.24) is 14.9 Å². The molecule has 1 fully saturated rings. The molecule has 2 heterocycles. The van der Waals surface area contributed by atoms with E-state index in [2.05, 4.69) is 19.2 Å². The molecule has 0 bridgehead atoms. The number of carbonyl (C=O) groups excluding carboxylic acids is 1. The predicted octanol–water partition coefficient (Wildman–Crippen LogP) is 4.31. The molecule has 0 aliphatic heterocycles. The quantitative estimate of drug-likeness (QED) is 0.470. The molecule has 152 valence electrons. The van der Waals surface area contributed by atoms with Gasteiger partial charge < -0.3 is 5.32 Å². The zero-order valence-corrected chi connectivity index (χ0v) is 18.8. The van der Waals surface area contributed by atoms with Crippen molar-refractivity contribution in [2.75, 3.05) is 5.75 Å². The molecule has 1 N–H and O–H groups in total. The van der Waals surface area contributed by atoms with Crippen molar-refractivity contribution in [3.63, 3.8) is 0 Å². The van der Waals surface area contributed by atoms with Crippen molar-refractivity contribution in [2.45, 2.75) is 58.2 Å². The Hall–Kier alpha value is -2.12. The lowest BCUT2D eigenvalue weighted by Crippen LogP contribution is -2.28. The van der Waals surface area contributed by atoms with Crippen LogP contribution in [0.15, 0.2) is 28.2 Å². The first-order valence-corrected chi connectivity index (χ1v) is 11.7. The second-order valence-corrected chi connectivity index (χ2v) is 9.75. The van der Waals surface area contributed by atoms with Gasteiger partial charge in [0.15, 0.2) is 5.16 Å². The number of hydrogen-bond donors (Lipinski definition) is 1. The minimum absolute atomic E-state index is 0.00455. The number of benzene rings is 1. The zero-order chi connectivity index (χ0) is 20.7. The highest BCUT2D eigenvalue weighted by Crippen LogP contribution is 2.31. The van der Waals surface area contributed by atoms with Crippen LogP contribution in [0.3, 0.4) is 0 Å². The Bertz CT molecular complexity index is 1160. The van der Waals surface area contributed by atoms with Crippen molar-refractivity contribution < 1.29 is 4.79 Å². The Balaban J connectivity index is 1.83. The molecule has 1 aliphatic carbocycles. The molecule has 0 unspecified atom stereocenters. The van der Waals surface area contributed by atoms with Gasteiger partial charge in [-0.2, -0.15) is 0 Å². The van der Waals surface area contributed by atoms with Crippen LogP contribution in [-0.2, 0) is 11.2 Å². The summed E-state index contributed by atoms with van der Waals surface area (Å²) in [5.41, 5.74) is 4.11. The van der Waals surface area contributed by atoms with E-state index in [1.54, 1.807) is 15.9 Å². The minimum Gasteiger partial charge on any atom is -0.353 e. The highest BCUT2D eigenvalue weighted by molar-refractivity contribution is 7.99. The maximum Gasteiger partial charge on any atom is 0.267 e. The maximum atomic E-state index is 13.6. The van der Waals surface area contributed by atoms with Gasteiger partial charge in [0.05, 0.1) is 16.8 Å². The van der Waals surface area contributed by atoms with Gasteiger partial charge in [0, 0.05) is 10.9 Å². The first kappa shape index (κ1) is 20.2. The first-order chi connectivity index (χ1) is 13.9. The van der Waals surface area contributed by atoms with Crippen LogP contribution < -0.4 is 10.9 Å². The van der Waals surface area contributed by atoms with E-state index >= 15 is 0 Å². The summed E-state index contributed by atoms with van der Waals surface area (Å²) in [5, 5.41) is 4.28. The Kier molecular flexibility index (Phi) is 5.53. The van der Waals surface area contributed by atoms with Crippen molar-refractivity contribution in [1.29, 1.82) is 0 Å². The molecule has 1 saturated carbocycles. The average molecular weight is 428 g/mol. The lowest BCUT2D eigenvalue weighted by atomic mass is 10.1. The monoisotopic (exact) mass is 427 g/mol. The van der Waals surface area contributed by atoms with E-state index in [0.717, 1.165) is 45.8 Å². The number of hydrogen-bond acceptors (Lipinski definition) is 5. The number of fused-ring (bicyclic) bond motifs is 1. The van der Waals surface area contributed by atoms with E-state index in [0.29, 0.717) is 16.6 Å². The van der Waals surface area contributed by atoms with Gasteiger partial charge in [-0.1, -0.05) is 24.8 Å². The van der Waals surface area contributed by atoms with E-state index in [9.17, 15) is 9.59 Å². The number of rotatable bonds is 6. The third kappa shape index (κ3) is 3.98. The van der Waals surface area contributed by atoms with Crippen LogP contribution in [0, 0.1) is 20.8 Å². The van der Waals surface area contributed by atoms with Crippen molar-refractivity contribution >= 4 is 39.2 Å². The number of carbonyl (C=O) groups is 1. The molecule has 4 rings (SSSR count). The second-order valence-electron chi connectivity index (χ2n) is 7.60. The largest absolute Gasteiger partial charge is 0.353 e. The summed E-state index contributed by atoms with van der Waals surface area (Å²) in [6, 6.07) is 6.32. The van der Waals surface area contributed by atoms with Gasteiger partial charge in [-0.15, -0.1) is 11.3 Å². The average Bonchev–Trinajstić information content (AvgIpc) is 3.42. The summed E-state index contributed by atoms with van der Waals surface area (Å²) in [6.45, 7) is 8.20. The summed E-state index contributed by atoms with van der Waals surface area (Å²) in [6.07, 6.45) is 2.91. The molecule has 5 nitrogen and oxygen atoms in total. The second kappa shape index (κ2) is 7.95. The van der Waals surface area contributed by atoms with Gasteiger partial charge in [0.1, 0.15) is 4.83 Å². The van der Waals surface area contributed by atoms with Crippen LogP contribution in [-0.4, -0.2) is 27.3 Å². The maximum absolute atomic E-state index is 13.6. The summed E-state index contributed by atoms with van der Waals surface area (Å²) >= 11 is 2.89. The van der Waals surface area contributed by atoms with Gasteiger partial charge in [-0.25, -0.2) is 4.98 Å². The lowest BCUT2D eigenvalue weighted by molar-refractivity contribution is -0.118. The smallest absolute Gasteiger partial charge is 0.267 e. The van der Waals surface area contributed by atoms with Crippen LogP contribution in [0.5, 0.6) is 0 Å². The minimum atomic E-state index is -0.0513. The van der Waals surface area contributed by atoms with Gasteiger partial charge in [-0.05, 0) is 68.9 Å². The normalized spacial score (nSPS) is 13.8. The molecule has 1 aromatic carbocycles. The van der Waals surface area contributed by atoms with E-state index < -0.39 is 0 Å². The Labute approximate surface area is 178 Å². The molecule has 0 spiro atoms. The number of nitrogens with one attached hydrogen (secondary N) is 1.